The lowest BCUT2D eigenvalue weighted by Gasteiger charge is -2.10. The first kappa shape index (κ1) is 17.0. The van der Waals surface area contributed by atoms with Crippen LogP contribution in [0.15, 0.2) is 22.1 Å². The van der Waals surface area contributed by atoms with Gasteiger partial charge in [-0.1, -0.05) is 18.7 Å². The largest absolute Gasteiger partial charge is 0.425 e. The Morgan fingerprint density at radius 3 is 2.59 bits per heavy atom. The molecule has 0 atom stereocenters. The van der Waals surface area contributed by atoms with Gasteiger partial charge in [0.1, 0.15) is 10.7 Å². The van der Waals surface area contributed by atoms with Crippen molar-refractivity contribution in [2.45, 2.75) is 37.6 Å². The molecular formula is C13H14F3N3OS2. The van der Waals surface area contributed by atoms with E-state index in [2.05, 4.69) is 9.97 Å². The third-order valence-corrected chi connectivity index (χ3v) is 4.53. The lowest BCUT2D eigenvalue weighted by Crippen LogP contribution is -2.28. The van der Waals surface area contributed by atoms with Crippen LogP contribution in [0.3, 0.4) is 0 Å². The third kappa shape index (κ3) is 3.89. The minimum absolute atomic E-state index is 0.0591. The first-order valence-corrected chi connectivity index (χ1v) is 8.57. The number of hydrogen-bond acceptors (Lipinski definition) is 5. The van der Waals surface area contributed by atoms with E-state index >= 15 is 0 Å². The quantitative estimate of drug-likeness (QED) is 0.776. The highest BCUT2D eigenvalue weighted by Gasteiger charge is 2.32. The van der Waals surface area contributed by atoms with E-state index in [-0.39, 0.29) is 6.54 Å². The smallest absolute Gasteiger partial charge is 0.275 e. The Bertz CT molecular complexity index is 709. The first-order chi connectivity index (χ1) is 10.3. The number of thioether (sulfide) groups is 1. The first-order valence-electron chi connectivity index (χ1n) is 6.52. The van der Waals surface area contributed by atoms with Crippen LogP contribution in [0.1, 0.15) is 28.9 Å². The van der Waals surface area contributed by atoms with E-state index in [9.17, 15) is 18.0 Å². The van der Waals surface area contributed by atoms with Crippen LogP contribution in [-0.4, -0.2) is 20.8 Å². The molecule has 0 saturated carbocycles. The summed E-state index contributed by atoms with van der Waals surface area (Å²) in [4.78, 5) is 20.0. The van der Waals surface area contributed by atoms with Gasteiger partial charge in [0.25, 0.3) is 0 Å². The zero-order chi connectivity index (χ0) is 16.3. The molecule has 0 fully saturated rings. The van der Waals surface area contributed by atoms with Gasteiger partial charge in [0.2, 0.25) is 0 Å². The normalized spacial score (nSPS) is 11.9. The molecule has 22 heavy (non-hydrogen) atoms. The molecule has 2 rings (SSSR count). The average molecular weight is 349 g/mol. The summed E-state index contributed by atoms with van der Waals surface area (Å²) in [5.74, 6) is 0.550. The number of rotatable bonds is 5. The monoisotopic (exact) mass is 349 g/mol. The van der Waals surface area contributed by atoms with E-state index in [0.717, 1.165) is 12.5 Å². The Labute approximate surface area is 133 Å². The molecule has 0 unspecified atom stereocenters. The van der Waals surface area contributed by atoms with Crippen LogP contribution in [0.4, 0.5) is 13.2 Å². The predicted octanol–water partition coefficient (Wildman–Crippen LogP) is 3.44. The molecule has 0 amide bonds. The lowest BCUT2D eigenvalue weighted by atomic mass is 10.3. The summed E-state index contributed by atoms with van der Waals surface area (Å²) in [7, 11) is 0. The average Bonchev–Trinajstić information content (AvgIpc) is 2.91. The second kappa shape index (κ2) is 6.82. The second-order valence-corrected chi connectivity index (χ2v) is 6.45. The van der Waals surface area contributed by atoms with Gasteiger partial charge in [-0.2, -0.15) is 18.2 Å². The van der Waals surface area contributed by atoms with E-state index in [4.69, 9.17) is 0 Å². The number of hydrogen-bond donors (Lipinski definition) is 0. The van der Waals surface area contributed by atoms with E-state index in [1.165, 1.54) is 22.4 Å². The Hall–Kier alpha value is -1.35. The molecule has 2 aromatic rings. The van der Waals surface area contributed by atoms with Crippen LogP contribution >= 0.6 is 23.1 Å². The lowest BCUT2D eigenvalue weighted by molar-refractivity contribution is -0.134. The SMILES string of the molecule is CCCc1nc(SC)nc(=O)n1Cc1ccc(C(F)(F)F)s1. The van der Waals surface area contributed by atoms with Gasteiger partial charge in [0.05, 0.1) is 6.54 Å². The van der Waals surface area contributed by atoms with Crippen molar-refractivity contribution in [3.63, 3.8) is 0 Å². The molecule has 120 valence electrons. The highest BCUT2D eigenvalue weighted by atomic mass is 32.2. The molecule has 4 nitrogen and oxygen atoms in total. The standard InChI is InChI=1S/C13H14F3N3OS2/c1-3-4-10-17-11(21-2)18-12(20)19(10)7-8-5-6-9(22-8)13(14,15)16/h5-6H,3-4,7H2,1-2H3. The number of aromatic nitrogens is 3. The molecule has 0 aliphatic carbocycles. The van der Waals surface area contributed by atoms with Gasteiger partial charge in [-0.25, -0.2) is 9.78 Å². The van der Waals surface area contributed by atoms with E-state index in [1.807, 2.05) is 6.92 Å². The summed E-state index contributed by atoms with van der Waals surface area (Å²) in [6, 6.07) is 2.42. The number of nitrogens with zero attached hydrogens (tertiary/aromatic N) is 3. The van der Waals surface area contributed by atoms with Crippen molar-refractivity contribution in [2.24, 2.45) is 0 Å². The number of thiophene rings is 1. The topological polar surface area (TPSA) is 47.8 Å². The van der Waals surface area contributed by atoms with Crippen molar-refractivity contribution in [1.29, 1.82) is 0 Å². The molecule has 2 aromatic heterocycles. The summed E-state index contributed by atoms with van der Waals surface area (Å²) in [6.45, 7) is 2.01. The van der Waals surface area contributed by atoms with Crippen LogP contribution in [0.25, 0.3) is 0 Å². The maximum absolute atomic E-state index is 12.6. The minimum atomic E-state index is -4.36. The van der Waals surface area contributed by atoms with Crippen molar-refractivity contribution in [3.05, 3.63) is 38.2 Å². The predicted molar refractivity (Wildman–Crippen MR) is 80.5 cm³/mol. The van der Waals surface area contributed by atoms with E-state index in [1.54, 1.807) is 6.26 Å². The Balaban J connectivity index is 2.36. The summed E-state index contributed by atoms with van der Waals surface area (Å²) in [5, 5.41) is 0.381. The summed E-state index contributed by atoms with van der Waals surface area (Å²) in [6.07, 6.45) is -1.24. The molecule has 0 spiro atoms. The Morgan fingerprint density at radius 2 is 2.05 bits per heavy atom. The van der Waals surface area contributed by atoms with Gasteiger partial charge >= 0.3 is 11.9 Å². The minimum Gasteiger partial charge on any atom is -0.275 e. The summed E-state index contributed by atoms with van der Waals surface area (Å²) >= 11 is 1.90. The highest BCUT2D eigenvalue weighted by Crippen LogP contribution is 2.34. The fraction of sp³-hybridized carbons (Fsp3) is 0.462. The van der Waals surface area contributed by atoms with Gasteiger partial charge in [-0.3, -0.25) is 4.57 Å². The molecule has 0 aromatic carbocycles. The van der Waals surface area contributed by atoms with Crippen molar-refractivity contribution in [2.75, 3.05) is 6.26 Å². The second-order valence-electron chi connectivity index (χ2n) is 4.51. The number of alkyl halides is 3. The fourth-order valence-electron chi connectivity index (χ4n) is 1.88. The van der Waals surface area contributed by atoms with E-state index in [0.29, 0.717) is 33.6 Å². The molecular weight excluding hydrogens is 335 g/mol. The van der Waals surface area contributed by atoms with Gasteiger partial charge in [0, 0.05) is 11.3 Å². The molecule has 9 heteroatoms. The van der Waals surface area contributed by atoms with Crippen LogP contribution < -0.4 is 5.69 Å². The Morgan fingerprint density at radius 1 is 1.32 bits per heavy atom. The molecule has 0 bridgehead atoms. The molecule has 0 radical (unpaired) electrons. The molecule has 2 heterocycles. The van der Waals surface area contributed by atoms with Crippen LogP contribution in [0.5, 0.6) is 0 Å². The van der Waals surface area contributed by atoms with Gasteiger partial charge in [-0.15, -0.1) is 11.3 Å². The van der Waals surface area contributed by atoms with Crippen LogP contribution in [-0.2, 0) is 19.1 Å². The van der Waals surface area contributed by atoms with Crippen molar-refractivity contribution >= 4 is 23.1 Å². The van der Waals surface area contributed by atoms with Gasteiger partial charge in [-0.05, 0) is 24.8 Å². The number of halogens is 3. The van der Waals surface area contributed by atoms with Gasteiger partial charge < -0.3 is 0 Å². The molecule has 0 N–H and O–H groups in total. The fourth-order valence-corrected chi connectivity index (χ4v) is 3.11. The molecule has 0 aliphatic rings. The van der Waals surface area contributed by atoms with Crippen LogP contribution in [0.2, 0.25) is 0 Å². The third-order valence-electron chi connectivity index (χ3n) is 2.87. The number of aryl methyl sites for hydroxylation is 1. The van der Waals surface area contributed by atoms with Crippen molar-refractivity contribution in [3.8, 4) is 0 Å². The molecule has 0 aliphatic heterocycles. The van der Waals surface area contributed by atoms with E-state index < -0.39 is 16.7 Å². The zero-order valence-electron chi connectivity index (χ0n) is 12.0. The van der Waals surface area contributed by atoms with Gasteiger partial charge in [0.15, 0.2) is 5.16 Å². The van der Waals surface area contributed by atoms with Crippen LogP contribution in [0, 0.1) is 0 Å². The van der Waals surface area contributed by atoms with Crippen molar-refractivity contribution in [1.82, 2.24) is 14.5 Å². The highest BCUT2D eigenvalue weighted by molar-refractivity contribution is 7.98. The Kier molecular flexibility index (Phi) is 5.28. The zero-order valence-corrected chi connectivity index (χ0v) is 13.6. The van der Waals surface area contributed by atoms with Crippen molar-refractivity contribution < 1.29 is 13.2 Å². The maximum Gasteiger partial charge on any atom is 0.425 e. The summed E-state index contributed by atoms with van der Waals surface area (Å²) < 4.78 is 39.2. The summed E-state index contributed by atoms with van der Waals surface area (Å²) in [5.41, 5.74) is -0.482. The maximum atomic E-state index is 12.6. The molecule has 0 saturated heterocycles.